The van der Waals surface area contributed by atoms with Gasteiger partial charge < -0.3 is 9.88 Å². The van der Waals surface area contributed by atoms with Crippen molar-refractivity contribution in [1.29, 1.82) is 0 Å². The fourth-order valence-corrected chi connectivity index (χ4v) is 3.77. The van der Waals surface area contributed by atoms with Crippen molar-refractivity contribution in [3.05, 3.63) is 71.4 Å². The number of aromatic nitrogens is 1. The number of benzene rings is 2. The minimum Gasteiger partial charge on any atom is -0.358 e. The van der Waals surface area contributed by atoms with E-state index >= 15 is 0 Å². The highest BCUT2D eigenvalue weighted by Gasteiger charge is 2.29. The molecule has 0 aliphatic carbocycles. The van der Waals surface area contributed by atoms with Crippen LogP contribution in [0.4, 0.5) is 0 Å². The summed E-state index contributed by atoms with van der Waals surface area (Å²) in [6.45, 7) is 5.44. The van der Waals surface area contributed by atoms with Crippen molar-refractivity contribution in [3.63, 3.8) is 0 Å². The Morgan fingerprint density at radius 3 is 2.33 bits per heavy atom. The molecule has 1 saturated heterocycles. The van der Waals surface area contributed by atoms with Gasteiger partial charge in [-0.1, -0.05) is 48.5 Å². The first-order valence-electron chi connectivity index (χ1n) is 9.30. The van der Waals surface area contributed by atoms with Crippen LogP contribution in [0, 0.1) is 6.92 Å². The van der Waals surface area contributed by atoms with Crippen LogP contribution in [0.25, 0.3) is 10.9 Å². The number of piperazine rings is 1. The third-order valence-electron chi connectivity index (χ3n) is 5.22. The lowest BCUT2D eigenvalue weighted by Gasteiger charge is -2.34. The van der Waals surface area contributed by atoms with Gasteiger partial charge in [0.1, 0.15) is 0 Å². The highest BCUT2D eigenvalue weighted by Crippen LogP contribution is 2.23. The smallest absolute Gasteiger partial charge is 0.295 e. The normalized spacial score (nSPS) is 15.2. The zero-order chi connectivity index (χ0) is 18.8. The highest BCUT2D eigenvalue weighted by molar-refractivity contribution is 6.45. The number of Topliss-reactive ketones (excluding diaryl/α,β-unsaturated/α-hetero) is 1. The van der Waals surface area contributed by atoms with Gasteiger partial charge in [0, 0.05) is 49.3 Å². The van der Waals surface area contributed by atoms with Gasteiger partial charge in [-0.05, 0) is 18.6 Å². The average Bonchev–Trinajstić information content (AvgIpc) is 3.04. The molecule has 1 aliphatic heterocycles. The lowest BCUT2D eigenvalue weighted by atomic mass is 10.1. The number of hydrogen-bond acceptors (Lipinski definition) is 3. The lowest BCUT2D eigenvalue weighted by molar-refractivity contribution is -0.128. The van der Waals surface area contributed by atoms with Gasteiger partial charge in [0.15, 0.2) is 0 Å². The fourth-order valence-electron chi connectivity index (χ4n) is 3.77. The summed E-state index contributed by atoms with van der Waals surface area (Å²) in [6.07, 6.45) is 0. The van der Waals surface area contributed by atoms with E-state index in [1.165, 1.54) is 5.56 Å². The molecule has 4 rings (SSSR count). The van der Waals surface area contributed by atoms with E-state index < -0.39 is 11.7 Å². The molecule has 2 heterocycles. The van der Waals surface area contributed by atoms with Crippen molar-refractivity contribution < 1.29 is 9.59 Å². The number of nitrogens with one attached hydrogen (secondary N) is 1. The summed E-state index contributed by atoms with van der Waals surface area (Å²) in [6, 6.07) is 17.9. The topological polar surface area (TPSA) is 56.4 Å². The Hall–Kier alpha value is -2.92. The van der Waals surface area contributed by atoms with Crippen molar-refractivity contribution in [3.8, 4) is 0 Å². The van der Waals surface area contributed by atoms with Crippen molar-refractivity contribution in [2.75, 3.05) is 26.2 Å². The number of amides is 1. The Kier molecular flexibility index (Phi) is 4.77. The molecule has 1 N–H and O–H groups in total. The summed E-state index contributed by atoms with van der Waals surface area (Å²) in [7, 11) is 0. The van der Waals surface area contributed by atoms with Crippen LogP contribution in [-0.2, 0) is 11.3 Å². The molecule has 0 spiro atoms. The minimum atomic E-state index is -0.415. The first kappa shape index (κ1) is 17.5. The number of carbonyl (C=O) groups is 2. The molecule has 0 atom stereocenters. The van der Waals surface area contributed by atoms with Crippen LogP contribution in [0.2, 0.25) is 0 Å². The van der Waals surface area contributed by atoms with Crippen LogP contribution in [0.1, 0.15) is 21.6 Å². The van der Waals surface area contributed by atoms with E-state index in [0.29, 0.717) is 18.7 Å². The monoisotopic (exact) mass is 361 g/mol. The number of hydrogen-bond donors (Lipinski definition) is 1. The van der Waals surface area contributed by atoms with E-state index in [1.54, 1.807) is 4.90 Å². The molecule has 0 radical (unpaired) electrons. The zero-order valence-electron chi connectivity index (χ0n) is 15.4. The van der Waals surface area contributed by atoms with Gasteiger partial charge in [-0.15, -0.1) is 0 Å². The van der Waals surface area contributed by atoms with E-state index in [4.69, 9.17) is 0 Å². The molecule has 5 nitrogen and oxygen atoms in total. The average molecular weight is 361 g/mol. The van der Waals surface area contributed by atoms with Gasteiger partial charge in [0.2, 0.25) is 0 Å². The number of H-pyrrole nitrogens is 1. The highest BCUT2D eigenvalue weighted by atomic mass is 16.2. The number of carbonyl (C=O) groups excluding carboxylic acids is 2. The maximum absolute atomic E-state index is 12.9. The maximum Gasteiger partial charge on any atom is 0.295 e. The first-order valence-corrected chi connectivity index (χ1v) is 9.30. The molecule has 1 amide bonds. The van der Waals surface area contributed by atoms with E-state index in [0.717, 1.165) is 36.2 Å². The van der Waals surface area contributed by atoms with Crippen LogP contribution in [0.5, 0.6) is 0 Å². The van der Waals surface area contributed by atoms with Crippen LogP contribution in [-0.4, -0.2) is 52.7 Å². The third kappa shape index (κ3) is 3.51. The first-order chi connectivity index (χ1) is 13.1. The quantitative estimate of drug-likeness (QED) is 0.574. The molecule has 0 unspecified atom stereocenters. The molecular weight excluding hydrogens is 338 g/mol. The number of nitrogens with zero attached hydrogens (tertiary/aromatic N) is 2. The summed E-state index contributed by atoms with van der Waals surface area (Å²) in [5.41, 5.74) is 3.40. The minimum absolute atomic E-state index is 0.401. The van der Waals surface area contributed by atoms with Gasteiger partial charge >= 0.3 is 0 Å². The second-order valence-electron chi connectivity index (χ2n) is 7.05. The van der Waals surface area contributed by atoms with E-state index in [2.05, 4.69) is 22.0 Å². The predicted octanol–water partition coefficient (Wildman–Crippen LogP) is 3.00. The summed E-state index contributed by atoms with van der Waals surface area (Å²) in [5, 5.41) is 0.816. The van der Waals surface area contributed by atoms with Crippen molar-refractivity contribution in [1.82, 2.24) is 14.8 Å². The van der Waals surface area contributed by atoms with E-state index in [9.17, 15) is 9.59 Å². The van der Waals surface area contributed by atoms with Gasteiger partial charge in [0.25, 0.3) is 11.7 Å². The van der Waals surface area contributed by atoms with Crippen LogP contribution in [0.3, 0.4) is 0 Å². The molecule has 1 fully saturated rings. The maximum atomic E-state index is 12.9. The number of rotatable bonds is 4. The standard InChI is InChI=1S/C22H23N3O2/c1-16-20(18-9-5-6-10-19(18)23-16)21(26)22(27)25-13-11-24(12-14-25)15-17-7-3-2-4-8-17/h2-10,23H,11-15H2,1H3. The lowest BCUT2D eigenvalue weighted by Crippen LogP contribution is -2.50. The predicted molar refractivity (Wildman–Crippen MR) is 106 cm³/mol. The fraction of sp³-hybridized carbons (Fsp3) is 0.273. The van der Waals surface area contributed by atoms with Crippen molar-refractivity contribution in [2.24, 2.45) is 0 Å². The number of ketones is 1. The molecule has 138 valence electrons. The molecule has 0 saturated carbocycles. The SMILES string of the molecule is Cc1[nH]c2ccccc2c1C(=O)C(=O)N1CCN(Cc2ccccc2)CC1. The molecule has 5 heteroatoms. The van der Waals surface area contributed by atoms with Crippen molar-refractivity contribution >= 4 is 22.6 Å². The Morgan fingerprint density at radius 2 is 1.59 bits per heavy atom. The molecule has 1 aromatic heterocycles. The zero-order valence-corrected chi connectivity index (χ0v) is 15.4. The van der Waals surface area contributed by atoms with Crippen LogP contribution < -0.4 is 0 Å². The van der Waals surface area contributed by atoms with Crippen molar-refractivity contribution in [2.45, 2.75) is 13.5 Å². The largest absolute Gasteiger partial charge is 0.358 e. The Morgan fingerprint density at radius 1 is 0.926 bits per heavy atom. The summed E-state index contributed by atoms with van der Waals surface area (Å²) in [4.78, 5) is 32.9. The Labute approximate surface area is 158 Å². The molecule has 2 aromatic carbocycles. The van der Waals surface area contributed by atoms with Gasteiger partial charge in [-0.25, -0.2) is 0 Å². The number of fused-ring (bicyclic) bond motifs is 1. The molecule has 1 aliphatic rings. The number of para-hydroxylation sites is 1. The Bertz CT molecular complexity index is 970. The molecule has 0 bridgehead atoms. The van der Waals surface area contributed by atoms with Gasteiger partial charge in [-0.3, -0.25) is 14.5 Å². The number of aryl methyl sites for hydroxylation is 1. The molecule has 3 aromatic rings. The van der Waals surface area contributed by atoms with Gasteiger partial charge in [-0.2, -0.15) is 0 Å². The third-order valence-corrected chi connectivity index (χ3v) is 5.22. The summed E-state index contributed by atoms with van der Waals surface area (Å²) < 4.78 is 0. The second kappa shape index (κ2) is 7.37. The summed E-state index contributed by atoms with van der Waals surface area (Å²) in [5.74, 6) is -0.816. The summed E-state index contributed by atoms with van der Waals surface area (Å²) >= 11 is 0. The second-order valence-corrected chi connectivity index (χ2v) is 7.05. The van der Waals surface area contributed by atoms with Gasteiger partial charge in [0.05, 0.1) is 5.56 Å². The van der Waals surface area contributed by atoms with Crippen LogP contribution in [0.15, 0.2) is 54.6 Å². The van der Waals surface area contributed by atoms with E-state index in [1.807, 2.05) is 49.4 Å². The number of aromatic amines is 1. The molecular formula is C22H23N3O2. The van der Waals surface area contributed by atoms with E-state index in [-0.39, 0.29) is 0 Å². The Balaban J connectivity index is 1.43. The molecule has 27 heavy (non-hydrogen) atoms. The van der Waals surface area contributed by atoms with Crippen LogP contribution >= 0.6 is 0 Å².